The van der Waals surface area contributed by atoms with Crippen molar-refractivity contribution in [1.29, 1.82) is 0 Å². The number of rotatable bonds is 5. The van der Waals surface area contributed by atoms with Gasteiger partial charge in [-0.05, 0) is 36.5 Å². The Balaban J connectivity index is 2.14. The van der Waals surface area contributed by atoms with Crippen LogP contribution in [0.15, 0.2) is 18.2 Å². The van der Waals surface area contributed by atoms with Gasteiger partial charge in [0.25, 0.3) is 0 Å². The predicted molar refractivity (Wildman–Crippen MR) is 75.3 cm³/mol. The Kier molecular flexibility index (Phi) is 5.38. The number of methoxy groups -OCH3 is 2. The third-order valence-corrected chi connectivity index (χ3v) is 4.22. The van der Waals surface area contributed by atoms with E-state index in [2.05, 4.69) is 0 Å². The van der Waals surface area contributed by atoms with Crippen molar-refractivity contribution in [2.24, 2.45) is 5.92 Å². The molecule has 2 rings (SSSR count). The van der Waals surface area contributed by atoms with Gasteiger partial charge in [0.15, 0.2) is 11.6 Å². The SMILES string of the molecule is COc1ccc(C(O)C(OC)C2CCCCC2)cc1F. The van der Waals surface area contributed by atoms with Gasteiger partial charge in [-0.1, -0.05) is 25.3 Å². The first-order valence-corrected chi connectivity index (χ1v) is 7.21. The first kappa shape index (κ1) is 15.3. The fourth-order valence-electron chi connectivity index (χ4n) is 3.10. The van der Waals surface area contributed by atoms with Gasteiger partial charge >= 0.3 is 0 Å². The second-order valence-corrected chi connectivity index (χ2v) is 5.44. The van der Waals surface area contributed by atoms with Crippen molar-refractivity contribution in [3.8, 4) is 5.75 Å². The summed E-state index contributed by atoms with van der Waals surface area (Å²) in [5.74, 6) is 0.0732. The number of ether oxygens (including phenoxy) is 2. The van der Waals surface area contributed by atoms with Gasteiger partial charge < -0.3 is 14.6 Å². The van der Waals surface area contributed by atoms with E-state index in [1.807, 2.05) is 0 Å². The fourth-order valence-corrected chi connectivity index (χ4v) is 3.10. The highest BCUT2D eigenvalue weighted by Gasteiger charge is 2.30. The molecule has 4 heteroatoms. The van der Waals surface area contributed by atoms with Crippen LogP contribution < -0.4 is 4.74 Å². The number of halogens is 1. The highest BCUT2D eigenvalue weighted by atomic mass is 19.1. The predicted octanol–water partition coefficient (Wildman–Crippen LogP) is 3.46. The summed E-state index contributed by atoms with van der Waals surface area (Å²) in [6.07, 6.45) is 4.65. The number of hydrogen-bond donors (Lipinski definition) is 1. The van der Waals surface area contributed by atoms with Crippen LogP contribution >= 0.6 is 0 Å². The molecule has 0 aliphatic heterocycles. The molecule has 1 fully saturated rings. The summed E-state index contributed by atoms with van der Waals surface area (Å²) < 4.78 is 24.1. The molecular weight excluding hydrogens is 259 g/mol. The quantitative estimate of drug-likeness (QED) is 0.899. The average molecular weight is 282 g/mol. The number of aliphatic hydroxyl groups excluding tert-OH is 1. The summed E-state index contributed by atoms with van der Waals surface area (Å²) in [7, 11) is 3.04. The Morgan fingerprint density at radius 2 is 1.90 bits per heavy atom. The van der Waals surface area contributed by atoms with Crippen LogP contribution in [0.3, 0.4) is 0 Å². The molecule has 0 aromatic heterocycles. The lowest BCUT2D eigenvalue weighted by Crippen LogP contribution is -2.31. The molecule has 1 aromatic carbocycles. The minimum atomic E-state index is -0.802. The molecule has 3 nitrogen and oxygen atoms in total. The van der Waals surface area contributed by atoms with E-state index in [0.29, 0.717) is 11.5 Å². The monoisotopic (exact) mass is 282 g/mol. The molecular formula is C16H23FO3. The van der Waals surface area contributed by atoms with Gasteiger partial charge in [-0.15, -0.1) is 0 Å². The van der Waals surface area contributed by atoms with Crippen molar-refractivity contribution in [3.05, 3.63) is 29.6 Å². The van der Waals surface area contributed by atoms with Crippen molar-refractivity contribution in [1.82, 2.24) is 0 Å². The highest BCUT2D eigenvalue weighted by Crippen LogP contribution is 2.34. The Hall–Kier alpha value is -1.13. The lowest BCUT2D eigenvalue weighted by atomic mass is 9.82. The topological polar surface area (TPSA) is 38.7 Å². The van der Waals surface area contributed by atoms with Crippen molar-refractivity contribution < 1.29 is 19.0 Å². The van der Waals surface area contributed by atoms with Gasteiger partial charge in [-0.25, -0.2) is 4.39 Å². The third kappa shape index (κ3) is 3.30. The molecule has 0 saturated heterocycles. The van der Waals surface area contributed by atoms with Gasteiger partial charge in [0.2, 0.25) is 0 Å². The summed E-state index contributed by atoms with van der Waals surface area (Å²) >= 11 is 0. The van der Waals surface area contributed by atoms with E-state index in [1.165, 1.54) is 32.4 Å². The van der Waals surface area contributed by atoms with Gasteiger partial charge in [-0.3, -0.25) is 0 Å². The highest BCUT2D eigenvalue weighted by molar-refractivity contribution is 5.31. The molecule has 0 spiro atoms. The second-order valence-electron chi connectivity index (χ2n) is 5.44. The first-order chi connectivity index (χ1) is 9.67. The molecule has 1 aromatic rings. The van der Waals surface area contributed by atoms with Crippen molar-refractivity contribution in [2.75, 3.05) is 14.2 Å². The van der Waals surface area contributed by atoms with Crippen LogP contribution in [-0.4, -0.2) is 25.4 Å². The number of benzene rings is 1. The van der Waals surface area contributed by atoms with Crippen LogP contribution in [0.2, 0.25) is 0 Å². The van der Waals surface area contributed by atoms with E-state index < -0.39 is 11.9 Å². The smallest absolute Gasteiger partial charge is 0.165 e. The van der Waals surface area contributed by atoms with Gasteiger partial charge in [0, 0.05) is 7.11 Å². The molecule has 0 amide bonds. The van der Waals surface area contributed by atoms with E-state index in [4.69, 9.17) is 9.47 Å². The third-order valence-electron chi connectivity index (χ3n) is 4.22. The molecule has 1 aliphatic carbocycles. The maximum atomic E-state index is 13.7. The maximum absolute atomic E-state index is 13.7. The van der Waals surface area contributed by atoms with E-state index in [1.54, 1.807) is 19.2 Å². The number of aliphatic hydroxyl groups is 1. The molecule has 2 unspecified atom stereocenters. The zero-order valence-corrected chi connectivity index (χ0v) is 12.1. The molecule has 0 radical (unpaired) electrons. The standard InChI is InChI=1S/C16H23FO3/c1-19-14-9-8-12(10-13(14)17)15(18)16(20-2)11-6-4-3-5-7-11/h8-11,15-16,18H,3-7H2,1-2H3. The average Bonchev–Trinajstić information content (AvgIpc) is 2.49. The largest absolute Gasteiger partial charge is 0.494 e. The maximum Gasteiger partial charge on any atom is 0.165 e. The summed E-state index contributed by atoms with van der Waals surface area (Å²) in [5.41, 5.74) is 0.542. The lowest BCUT2D eigenvalue weighted by molar-refractivity contribution is -0.0560. The van der Waals surface area contributed by atoms with E-state index in [0.717, 1.165) is 12.8 Å². The summed E-state index contributed by atoms with van der Waals surface area (Å²) in [4.78, 5) is 0. The molecule has 2 atom stereocenters. The molecule has 1 aliphatic rings. The molecule has 0 bridgehead atoms. The van der Waals surface area contributed by atoms with Gasteiger partial charge in [-0.2, -0.15) is 0 Å². The minimum absolute atomic E-state index is 0.188. The van der Waals surface area contributed by atoms with Gasteiger partial charge in [0.1, 0.15) is 6.10 Å². The fraction of sp³-hybridized carbons (Fsp3) is 0.625. The van der Waals surface area contributed by atoms with Crippen LogP contribution in [0.25, 0.3) is 0 Å². The Labute approximate surface area is 119 Å². The number of hydrogen-bond acceptors (Lipinski definition) is 3. The Bertz CT molecular complexity index is 430. The second kappa shape index (κ2) is 7.04. The summed E-state index contributed by atoms with van der Waals surface area (Å²) in [5, 5.41) is 10.5. The molecule has 0 heterocycles. The summed E-state index contributed by atoms with van der Waals surface area (Å²) in [6.45, 7) is 0. The van der Waals surface area contributed by atoms with Crippen LogP contribution in [0.5, 0.6) is 5.75 Å². The van der Waals surface area contributed by atoms with Crippen molar-refractivity contribution in [2.45, 2.75) is 44.3 Å². The Morgan fingerprint density at radius 1 is 1.20 bits per heavy atom. The van der Waals surface area contributed by atoms with Crippen LogP contribution in [-0.2, 0) is 4.74 Å². The first-order valence-electron chi connectivity index (χ1n) is 7.21. The Morgan fingerprint density at radius 3 is 2.45 bits per heavy atom. The normalized spacial score (nSPS) is 19.6. The van der Waals surface area contributed by atoms with Crippen LogP contribution in [0.1, 0.15) is 43.8 Å². The van der Waals surface area contributed by atoms with Crippen LogP contribution in [0, 0.1) is 11.7 Å². The molecule has 1 N–H and O–H groups in total. The minimum Gasteiger partial charge on any atom is -0.494 e. The van der Waals surface area contributed by atoms with Gasteiger partial charge in [0.05, 0.1) is 13.2 Å². The van der Waals surface area contributed by atoms with E-state index >= 15 is 0 Å². The van der Waals surface area contributed by atoms with Crippen molar-refractivity contribution in [3.63, 3.8) is 0 Å². The van der Waals surface area contributed by atoms with Crippen molar-refractivity contribution >= 4 is 0 Å². The molecule has 1 saturated carbocycles. The van der Waals surface area contributed by atoms with E-state index in [-0.39, 0.29) is 11.9 Å². The molecule has 112 valence electrons. The zero-order chi connectivity index (χ0) is 14.5. The molecule has 20 heavy (non-hydrogen) atoms. The summed E-state index contributed by atoms with van der Waals surface area (Å²) in [6, 6.07) is 4.57. The zero-order valence-electron chi connectivity index (χ0n) is 12.1. The lowest BCUT2D eigenvalue weighted by Gasteiger charge is -2.32. The van der Waals surface area contributed by atoms with Crippen LogP contribution in [0.4, 0.5) is 4.39 Å². The van der Waals surface area contributed by atoms with E-state index in [9.17, 15) is 9.50 Å².